The number of rotatable bonds is 48. The van der Waals surface area contributed by atoms with E-state index in [1.807, 2.05) is 0 Å². The van der Waals surface area contributed by atoms with E-state index in [4.69, 9.17) is 15.0 Å². The van der Waals surface area contributed by atoms with Crippen molar-refractivity contribution >= 4 is 6.16 Å². The van der Waals surface area contributed by atoms with Gasteiger partial charge in [-0.1, -0.05) is 234 Å². The van der Waals surface area contributed by atoms with Gasteiger partial charge in [0.05, 0.1) is 53.4 Å². The monoisotopic (exact) mass is 881 g/mol. The Morgan fingerprint density at radius 2 is 0.339 bits per heavy atom. The van der Waals surface area contributed by atoms with Gasteiger partial charge in [-0.25, -0.2) is 0 Å². The van der Waals surface area contributed by atoms with Gasteiger partial charge < -0.3 is 24.0 Å². The molecule has 62 heavy (non-hydrogen) atoms. The first kappa shape index (κ1) is 65.5. The van der Waals surface area contributed by atoms with Crippen LogP contribution < -0.4 is 10.2 Å². The third kappa shape index (κ3) is 57.2. The summed E-state index contributed by atoms with van der Waals surface area (Å²) < 4.78 is 2.72. The molecule has 0 aromatic rings. The minimum Gasteiger partial charge on any atom is -0.652 e. The molecular formula is C57H120N2O3. The fourth-order valence-corrected chi connectivity index (χ4v) is 9.37. The molecule has 0 aliphatic rings. The molecule has 0 fully saturated rings. The molecule has 0 aromatic carbocycles. The molecule has 0 spiro atoms. The Labute approximate surface area is 393 Å². The molecule has 0 saturated heterocycles. The number of hydrogen-bond donors (Lipinski definition) is 0. The van der Waals surface area contributed by atoms with Gasteiger partial charge in [-0.2, -0.15) is 0 Å². The summed E-state index contributed by atoms with van der Waals surface area (Å²) in [5.74, 6) is 0. The van der Waals surface area contributed by atoms with E-state index in [9.17, 15) is 0 Å². The smallest absolute Gasteiger partial charge is 0.0784 e. The number of quaternary nitrogens is 2. The molecule has 0 radical (unpaired) electrons. The van der Waals surface area contributed by atoms with Gasteiger partial charge in [0, 0.05) is 0 Å². The molecule has 0 atom stereocenters. The second-order valence-corrected chi connectivity index (χ2v) is 20.6. The minimum absolute atomic E-state index is 1.36. The second-order valence-electron chi connectivity index (χ2n) is 20.6. The second kappa shape index (κ2) is 54.5. The van der Waals surface area contributed by atoms with E-state index in [1.54, 1.807) is 0 Å². The first-order valence-corrected chi connectivity index (χ1v) is 28.6. The van der Waals surface area contributed by atoms with Gasteiger partial charge in [0.15, 0.2) is 0 Å². The highest BCUT2D eigenvalue weighted by molar-refractivity contribution is 5.47. The number of hydrogen-bond acceptors (Lipinski definition) is 3. The molecule has 0 bridgehead atoms. The molecule has 0 heterocycles. The summed E-state index contributed by atoms with van der Waals surface area (Å²) in [6.07, 6.45) is 58.3. The van der Waals surface area contributed by atoms with Crippen LogP contribution in [0.15, 0.2) is 0 Å². The molecule has 0 aliphatic carbocycles. The molecule has 0 unspecified atom stereocenters. The maximum absolute atomic E-state index is 8.33. The Kier molecular flexibility index (Phi) is 57.6. The summed E-state index contributed by atoms with van der Waals surface area (Å²) >= 11 is 0. The summed E-state index contributed by atoms with van der Waals surface area (Å²) in [5, 5.41) is 16.7. The molecule has 376 valence electrons. The lowest BCUT2D eigenvalue weighted by Gasteiger charge is -2.35. The zero-order valence-electron chi connectivity index (χ0n) is 44.6. The van der Waals surface area contributed by atoms with Gasteiger partial charge in [0.25, 0.3) is 0 Å². The molecule has 5 nitrogen and oxygen atoms in total. The lowest BCUT2D eigenvalue weighted by molar-refractivity contribution is -0.910. The van der Waals surface area contributed by atoms with Gasteiger partial charge in [0.2, 0.25) is 0 Å². The Balaban J connectivity index is -0.00000103. The average Bonchev–Trinajstić information content (AvgIpc) is 3.24. The van der Waals surface area contributed by atoms with Crippen molar-refractivity contribution in [2.75, 3.05) is 53.4 Å². The van der Waals surface area contributed by atoms with Crippen molar-refractivity contribution < 1.29 is 24.0 Å². The predicted octanol–water partition coefficient (Wildman–Crippen LogP) is 16.9. The zero-order chi connectivity index (χ0) is 46.5. The lowest BCUT2D eigenvalue weighted by atomic mass is 10.1. The van der Waals surface area contributed by atoms with Crippen LogP contribution in [0.1, 0.15) is 311 Å². The zero-order valence-corrected chi connectivity index (χ0v) is 44.6. The maximum atomic E-state index is 8.33. The van der Waals surface area contributed by atoms with Crippen LogP contribution in [0, 0.1) is 0 Å². The predicted molar refractivity (Wildman–Crippen MR) is 275 cm³/mol. The molecule has 0 aliphatic heterocycles. The quantitative estimate of drug-likeness (QED) is 0.0452. The van der Waals surface area contributed by atoms with Crippen molar-refractivity contribution in [2.24, 2.45) is 0 Å². The molecule has 5 heteroatoms. The van der Waals surface area contributed by atoms with Crippen molar-refractivity contribution in [3.63, 3.8) is 0 Å². The van der Waals surface area contributed by atoms with Crippen molar-refractivity contribution in [1.29, 1.82) is 0 Å². The van der Waals surface area contributed by atoms with Crippen LogP contribution in [0.2, 0.25) is 0 Å². The van der Waals surface area contributed by atoms with Gasteiger partial charge >= 0.3 is 0 Å². The standard InChI is InChI=1S/2C28H60N.CH2O3/c2*1-5-8-11-14-17-20-23-26-29(4,27-24-21-18-15-12-9-6-2)28-25-22-19-16-13-10-7-3;2-1(3)4/h2*5-28H2,1-4H3;(H2,2,3,4)/q2*+1;/p-2. The fourth-order valence-electron chi connectivity index (χ4n) is 9.37. The minimum atomic E-state index is -2.33. The largest absolute Gasteiger partial charge is 0.652 e. The van der Waals surface area contributed by atoms with Crippen LogP contribution in [0.5, 0.6) is 0 Å². The van der Waals surface area contributed by atoms with Crippen LogP contribution in [0.25, 0.3) is 0 Å². The van der Waals surface area contributed by atoms with E-state index >= 15 is 0 Å². The van der Waals surface area contributed by atoms with E-state index < -0.39 is 6.16 Å². The molecule has 0 saturated carbocycles. The van der Waals surface area contributed by atoms with Crippen molar-refractivity contribution in [3.05, 3.63) is 0 Å². The number of unbranched alkanes of at least 4 members (excludes halogenated alkanes) is 36. The third-order valence-corrected chi connectivity index (χ3v) is 13.8. The van der Waals surface area contributed by atoms with E-state index in [0.29, 0.717) is 0 Å². The summed E-state index contributed by atoms with van der Waals surface area (Å²) in [6.45, 7) is 22.5. The van der Waals surface area contributed by atoms with E-state index in [0.717, 1.165) is 0 Å². The van der Waals surface area contributed by atoms with Crippen LogP contribution in [0.4, 0.5) is 4.79 Å². The number of nitrogens with zero attached hydrogens (tertiary/aromatic N) is 2. The highest BCUT2D eigenvalue weighted by Crippen LogP contribution is 2.19. The van der Waals surface area contributed by atoms with Gasteiger partial charge in [-0.3, -0.25) is 0 Å². The molecule has 0 aromatic heterocycles. The Bertz CT molecular complexity index is 665. The average molecular weight is 882 g/mol. The van der Waals surface area contributed by atoms with Gasteiger partial charge in [0.1, 0.15) is 0 Å². The highest BCUT2D eigenvalue weighted by Gasteiger charge is 2.21. The topological polar surface area (TPSA) is 63.2 Å². The van der Waals surface area contributed by atoms with Crippen molar-refractivity contribution in [3.8, 4) is 0 Å². The number of carbonyl (C=O) groups is 1. The van der Waals surface area contributed by atoms with E-state index in [2.05, 4.69) is 55.6 Å². The fraction of sp³-hybridized carbons (Fsp3) is 0.982. The van der Waals surface area contributed by atoms with E-state index in [-0.39, 0.29) is 0 Å². The van der Waals surface area contributed by atoms with Crippen LogP contribution in [0.3, 0.4) is 0 Å². The molecule has 0 rings (SSSR count). The summed E-state index contributed by atoms with van der Waals surface area (Å²) in [4.78, 5) is 8.33. The molecule has 0 N–H and O–H groups in total. The van der Waals surface area contributed by atoms with Crippen molar-refractivity contribution in [1.82, 2.24) is 0 Å². The SMILES string of the molecule is CCCCCCCCC[N+](C)(CCCCCCCCC)CCCCCCCCC.CCCCCCCCC[N+](C)(CCCCCCCCC)CCCCCCCCC.O=C([O-])[O-]. The first-order valence-electron chi connectivity index (χ1n) is 28.6. The number of carbonyl (C=O) groups excluding carboxylic acids is 1. The third-order valence-electron chi connectivity index (χ3n) is 13.8. The summed E-state index contributed by atoms with van der Waals surface area (Å²) in [5.41, 5.74) is 0. The van der Waals surface area contributed by atoms with Crippen LogP contribution >= 0.6 is 0 Å². The van der Waals surface area contributed by atoms with Crippen molar-refractivity contribution in [2.45, 2.75) is 311 Å². The van der Waals surface area contributed by atoms with Gasteiger partial charge in [-0.15, -0.1) is 0 Å². The molecular weight excluding hydrogens is 761 g/mol. The molecule has 0 amide bonds. The Morgan fingerprint density at radius 3 is 0.452 bits per heavy atom. The van der Waals surface area contributed by atoms with Crippen LogP contribution in [-0.4, -0.2) is 68.5 Å². The summed E-state index contributed by atoms with van der Waals surface area (Å²) in [7, 11) is 5.15. The maximum Gasteiger partial charge on any atom is 0.0784 e. The Morgan fingerprint density at radius 1 is 0.242 bits per heavy atom. The Hall–Kier alpha value is -0.810. The first-order chi connectivity index (χ1) is 30.1. The number of carboxylic acid groups (broad SMARTS) is 2. The van der Waals surface area contributed by atoms with E-state index in [1.165, 1.54) is 318 Å². The normalized spacial score (nSPS) is 11.6. The highest BCUT2D eigenvalue weighted by atomic mass is 16.6. The van der Waals surface area contributed by atoms with Crippen LogP contribution in [-0.2, 0) is 0 Å². The summed E-state index contributed by atoms with van der Waals surface area (Å²) in [6, 6.07) is 0. The van der Waals surface area contributed by atoms with Gasteiger partial charge in [-0.05, 0) is 83.2 Å². The lowest BCUT2D eigenvalue weighted by Crippen LogP contribution is -2.46.